The Morgan fingerprint density at radius 2 is 1.71 bits per heavy atom. The number of aromatic nitrogens is 2. The summed E-state index contributed by atoms with van der Waals surface area (Å²) < 4.78 is 79.8. The largest absolute Gasteiger partial charge is 0.573 e. The van der Waals surface area contributed by atoms with Gasteiger partial charge in [0, 0.05) is 35.4 Å². The number of nitrogens with zero attached hydrogens (tertiary/aromatic N) is 2. The van der Waals surface area contributed by atoms with Gasteiger partial charge in [0.1, 0.15) is 11.6 Å². The van der Waals surface area contributed by atoms with E-state index in [2.05, 4.69) is 25.3 Å². The van der Waals surface area contributed by atoms with Crippen LogP contribution in [0.1, 0.15) is 6.42 Å². The predicted molar refractivity (Wildman–Crippen MR) is 116 cm³/mol. The van der Waals surface area contributed by atoms with E-state index in [0.717, 1.165) is 12.1 Å². The molecule has 6 nitrogen and oxygen atoms in total. The Labute approximate surface area is 194 Å². The van der Waals surface area contributed by atoms with E-state index in [-0.39, 0.29) is 40.7 Å². The van der Waals surface area contributed by atoms with Gasteiger partial charge < -0.3 is 20.5 Å². The molecule has 1 heterocycles. The molecule has 0 radical (unpaired) electrons. The molecule has 34 heavy (non-hydrogen) atoms. The molecule has 0 unspecified atom stereocenters. The van der Waals surface area contributed by atoms with Crippen LogP contribution in [0.4, 0.5) is 43.8 Å². The monoisotopic (exact) mass is 504 g/mol. The minimum atomic E-state index is -4.87. The summed E-state index contributed by atoms with van der Waals surface area (Å²) in [6, 6.07) is 12.2. The van der Waals surface area contributed by atoms with Crippen LogP contribution in [0.5, 0.6) is 5.75 Å². The molecule has 0 saturated carbocycles. The number of anilines is 3. The maximum Gasteiger partial charge on any atom is 0.573 e. The van der Waals surface area contributed by atoms with Gasteiger partial charge in [-0.05, 0) is 48.5 Å². The highest BCUT2D eigenvalue weighted by molar-refractivity contribution is 8.00. The summed E-state index contributed by atoms with van der Waals surface area (Å²) in [5.74, 6) is -0.144. The molecule has 0 aliphatic rings. The third-order valence-electron chi connectivity index (χ3n) is 4.05. The second-order valence-electron chi connectivity index (χ2n) is 6.74. The smallest absolute Gasteiger partial charge is 0.406 e. The molecule has 0 aliphatic heterocycles. The van der Waals surface area contributed by atoms with E-state index < -0.39 is 17.6 Å². The molecule has 182 valence electrons. The number of benzene rings is 2. The third-order valence-corrected chi connectivity index (χ3v) is 4.77. The summed E-state index contributed by atoms with van der Waals surface area (Å²) in [5, 5.41) is 14.8. The first-order chi connectivity index (χ1) is 16.0. The van der Waals surface area contributed by atoms with Gasteiger partial charge in [0.05, 0.1) is 5.69 Å². The lowest BCUT2D eigenvalue weighted by Gasteiger charge is -2.13. The van der Waals surface area contributed by atoms with Crippen molar-refractivity contribution in [2.24, 2.45) is 0 Å². The average Bonchev–Trinajstić information content (AvgIpc) is 2.72. The zero-order valence-corrected chi connectivity index (χ0v) is 18.1. The standard InChI is InChI=1S/C21H18F6N4O2S/c22-20(23,24)33-15-6-1-4-13(10-15)17-12-18(31-19(30-17)28-8-3-9-32)29-14-5-2-7-16(11-14)34-21(25,26)27/h1-2,4-7,10-12,32H,3,8-9H2,(H2,28,29,30,31). The van der Waals surface area contributed by atoms with Gasteiger partial charge >= 0.3 is 11.9 Å². The molecule has 2 aromatic carbocycles. The molecule has 3 aromatic rings. The van der Waals surface area contributed by atoms with Crippen LogP contribution >= 0.6 is 11.8 Å². The molecular formula is C21H18F6N4O2S. The number of aliphatic hydroxyl groups excluding tert-OH is 1. The van der Waals surface area contributed by atoms with E-state index in [9.17, 15) is 26.3 Å². The van der Waals surface area contributed by atoms with E-state index in [1.54, 1.807) is 6.07 Å². The average molecular weight is 504 g/mol. The summed E-state index contributed by atoms with van der Waals surface area (Å²) >= 11 is -0.266. The molecule has 13 heteroatoms. The van der Waals surface area contributed by atoms with Crippen molar-refractivity contribution in [3.8, 4) is 17.0 Å². The summed E-state index contributed by atoms with van der Waals surface area (Å²) in [6.45, 7) is 0.229. The molecule has 0 amide bonds. The van der Waals surface area contributed by atoms with Gasteiger partial charge in [-0.25, -0.2) is 4.98 Å². The minimum Gasteiger partial charge on any atom is -0.406 e. The minimum absolute atomic E-state index is 0.0370. The lowest BCUT2D eigenvalue weighted by atomic mass is 10.1. The SMILES string of the molecule is OCCCNc1nc(Nc2cccc(SC(F)(F)F)c2)cc(-c2cccc(OC(F)(F)F)c2)n1. The Bertz CT molecular complexity index is 1110. The maximum atomic E-state index is 12.7. The lowest BCUT2D eigenvalue weighted by Crippen LogP contribution is -2.17. The first-order valence-electron chi connectivity index (χ1n) is 9.73. The van der Waals surface area contributed by atoms with E-state index in [1.807, 2.05) is 0 Å². The van der Waals surface area contributed by atoms with Crippen LogP contribution in [-0.4, -0.2) is 40.1 Å². The zero-order chi connectivity index (χ0) is 24.8. The van der Waals surface area contributed by atoms with E-state index >= 15 is 0 Å². The fraction of sp³-hybridized carbons (Fsp3) is 0.238. The van der Waals surface area contributed by atoms with Gasteiger partial charge in [-0.1, -0.05) is 18.2 Å². The highest BCUT2D eigenvalue weighted by Gasteiger charge is 2.31. The molecule has 0 bridgehead atoms. The van der Waals surface area contributed by atoms with Crippen molar-refractivity contribution in [2.45, 2.75) is 23.2 Å². The Hall–Kier alpha value is -3.19. The predicted octanol–water partition coefficient (Wildman–Crippen LogP) is 6.19. The van der Waals surface area contributed by atoms with Gasteiger partial charge in [-0.2, -0.15) is 18.2 Å². The quantitative estimate of drug-likeness (QED) is 0.182. The fourth-order valence-corrected chi connectivity index (χ4v) is 3.39. The summed E-state index contributed by atoms with van der Waals surface area (Å²) in [6.07, 6.45) is -4.48. The van der Waals surface area contributed by atoms with E-state index in [0.29, 0.717) is 24.2 Å². The van der Waals surface area contributed by atoms with Crippen LogP contribution in [0, 0.1) is 0 Å². The second-order valence-corrected chi connectivity index (χ2v) is 7.88. The van der Waals surface area contributed by atoms with Crippen molar-refractivity contribution in [2.75, 3.05) is 23.8 Å². The van der Waals surface area contributed by atoms with Crippen LogP contribution in [0.2, 0.25) is 0 Å². The number of thioether (sulfide) groups is 1. The number of rotatable bonds is 9. The van der Waals surface area contributed by atoms with Crippen molar-refractivity contribution in [1.82, 2.24) is 9.97 Å². The van der Waals surface area contributed by atoms with Gasteiger partial charge in [0.15, 0.2) is 0 Å². The van der Waals surface area contributed by atoms with Crippen molar-refractivity contribution in [3.05, 3.63) is 54.6 Å². The Balaban J connectivity index is 1.92. The first kappa shape index (κ1) is 25.4. The Morgan fingerprint density at radius 1 is 0.941 bits per heavy atom. The molecular weight excluding hydrogens is 486 g/mol. The molecule has 3 rings (SSSR count). The summed E-state index contributed by atoms with van der Waals surface area (Å²) in [7, 11) is 0. The van der Waals surface area contributed by atoms with Gasteiger partial charge in [-0.3, -0.25) is 0 Å². The number of alkyl halides is 6. The molecule has 0 saturated heterocycles. The summed E-state index contributed by atoms with van der Waals surface area (Å²) in [4.78, 5) is 8.51. The lowest BCUT2D eigenvalue weighted by molar-refractivity contribution is -0.274. The number of aliphatic hydroxyl groups is 1. The summed E-state index contributed by atoms with van der Waals surface area (Å²) in [5.41, 5.74) is -3.61. The van der Waals surface area contributed by atoms with Crippen LogP contribution < -0.4 is 15.4 Å². The van der Waals surface area contributed by atoms with Crippen molar-refractivity contribution >= 4 is 29.2 Å². The number of hydrogen-bond acceptors (Lipinski definition) is 7. The van der Waals surface area contributed by atoms with E-state index in [4.69, 9.17) is 5.11 Å². The number of nitrogens with one attached hydrogen (secondary N) is 2. The topological polar surface area (TPSA) is 79.3 Å². The normalized spacial score (nSPS) is 11.9. The Morgan fingerprint density at radius 3 is 2.41 bits per heavy atom. The third kappa shape index (κ3) is 8.30. The number of halogens is 6. The van der Waals surface area contributed by atoms with Crippen molar-refractivity contribution in [1.29, 1.82) is 0 Å². The molecule has 0 aliphatic carbocycles. The van der Waals surface area contributed by atoms with Crippen molar-refractivity contribution < 1.29 is 36.2 Å². The number of ether oxygens (including phenoxy) is 1. The maximum absolute atomic E-state index is 12.7. The molecule has 0 fully saturated rings. The van der Waals surface area contributed by atoms with Crippen LogP contribution in [0.15, 0.2) is 59.5 Å². The van der Waals surface area contributed by atoms with Gasteiger partial charge in [0.2, 0.25) is 5.95 Å². The number of hydrogen-bond donors (Lipinski definition) is 3. The molecule has 0 spiro atoms. The van der Waals surface area contributed by atoms with Gasteiger partial charge in [0.25, 0.3) is 0 Å². The van der Waals surface area contributed by atoms with Crippen molar-refractivity contribution in [3.63, 3.8) is 0 Å². The van der Waals surface area contributed by atoms with Crippen LogP contribution in [0.3, 0.4) is 0 Å². The zero-order valence-electron chi connectivity index (χ0n) is 17.2. The fourth-order valence-electron chi connectivity index (χ4n) is 2.79. The van der Waals surface area contributed by atoms with Crippen LogP contribution in [-0.2, 0) is 0 Å². The first-order valence-corrected chi connectivity index (χ1v) is 10.6. The highest BCUT2D eigenvalue weighted by Crippen LogP contribution is 2.38. The molecule has 3 N–H and O–H groups in total. The molecule has 0 atom stereocenters. The Kier molecular flexibility index (Phi) is 8.10. The highest BCUT2D eigenvalue weighted by atomic mass is 32.2. The van der Waals surface area contributed by atoms with E-state index in [1.165, 1.54) is 36.4 Å². The molecule has 1 aromatic heterocycles. The second kappa shape index (κ2) is 10.8. The van der Waals surface area contributed by atoms with Gasteiger partial charge in [-0.15, -0.1) is 13.2 Å². The van der Waals surface area contributed by atoms with Crippen LogP contribution in [0.25, 0.3) is 11.3 Å².